The maximum atomic E-state index is 12.3. The van der Waals surface area contributed by atoms with Gasteiger partial charge in [-0.1, -0.05) is 45.8 Å². The van der Waals surface area contributed by atoms with E-state index in [0.29, 0.717) is 18.4 Å². The molecule has 0 aliphatic heterocycles. The van der Waals surface area contributed by atoms with E-state index in [1.165, 1.54) is 4.90 Å². The molecule has 5 heteroatoms. The van der Waals surface area contributed by atoms with Gasteiger partial charge in [0.25, 0.3) is 0 Å². The Morgan fingerprint density at radius 2 is 1.76 bits per heavy atom. The molecule has 1 nitrogen and oxygen atoms in total. The van der Waals surface area contributed by atoms with E-state index < -0.39 is 12.7 Å². The van der Waals surface area contributed by atoms with E-state index in [-0.39, 0.29) is 0 Å². The Bertz CT molecular complexity index is 335. The van der Waals surface area contributed by atoms with Gasteiger partial charge < -0.3 is 0 Å². The molecule has 0 aliphatic carbocycles. The Balaban J connectivity index is 2.63. The van der Waals surface area contributed by atoms with Crippen molar-refractivity contribution in [2.75, 3.05) is 18.4 Å². The van der Waals surface area contributed by atoms with Crippen LogP contribution in [0.15, 0.2) is 24.3 Å². The third-order valence-corrected chi connectivity index (χ3v) is 2.69. The highest BCUT2D eigenvalue weighted by Crippen LogP contribution is 2.18. The minimum absolute atomic E-state index is 0.325. The molecule has 0 spiro atoms. The summed E-state index contributed by atoms with van der Waals surface area (Å²) in [6.07, 6.45) is -4.15. The molecule has 0 fully saturated rings. The zero-order valence-electron chi connectivity index (χ0n) is 9.60. The fourth-order valence-corrected chi connectivity index (χ4v) is 2.04. The number of benzene rings is 1. The summed E-state index contributed by atoms with van der Waals surface area (Å²) in [5, 5.41) is 0.537. The zero-order valence-corrected chi connectivity index (χ0v) is 11.2. The van der Waals surface area contributed by atoms with Crippen molar-refractivity contribution >= 4 is 15.9 Å². The molecule has 1 aromatic carbocycles. The number of alkyl halides is 4. The van der Waals surface area contributed by atoms with Gasteiger partial charge >= 0.3 is 6.18 Å². The van der Waals surface area contributed by atoms with Crippen LogP contribution >= 0.6 is 15.9 Å². The first-order chi connectivity index (χ1) is 7.90. The summed E-state index contributed by atoms with van der Waals surface area (Å²) in [6.45, 7) is 1.79. The van der Waals surface area contributed by atoms with Gasteiger partial charge in [-0.15, -0.1) is 0 Å². The Kier molecular flexibility index (Phi) is 5.46. The van der Waals surface area contributed by atoms with E-state index >= 15 is 0 Å². The monoisotopic (exact) mass is 309 g/mol. The zero-order chi connectivity index (χ0) is 12.9. The number of hydrogen-bond donors (Lipinski definition) is 0. The first kappa shape index (κ1) is 14.5. The highest BCUT2D eigenvalue weighted by Gasteiger charge is 2.30. The number of halogens is 4. The molecule has 0 radical (unpaired) electrons. The molecule has 1 rings (SSSR count). The lowest BCUT2D eigenvalue weighted by Gasteiger charge is -2.22. The van der Waals surface area contributed by atoms with Gasteiger partial charge in [-0.3, -0.25) is 4.90 Å². The molecule has 0 saturated carbocycles. The minimum Gasteiger partial charge on any atom is -0.290 e. The lowest BCUT2D eigenvalue weighted by atomic mass is 10.1. The van der Waals surface area contributed by atoms with Crippen LogP contribution in [0.2, 0.25) is 0 Å². The topological polar surface area (TPSA) is 3.24 Å². The fourth-order valence-electron chi connectivity index (χ4n) is 1.54. The van der Waals surface area contributed by atoms with Crippen LogP contribution in [0.4, 0.5) is 13.2 Å². The van der Waals surface area contributed by atoms with Gasteiger partial charge in [-0.25, -0.2) is 0 Å². The number of hydrogen-bond acceptors (Lipinski definition) is 1. The van der Waals surface area contributed by atoms with Gasteiger partial charge in [0.05, 0.1) is 6.54 Å². The standard InChI is InChI=1S/C12H15BrF3N/c1-10-2-4-11(5-3-10)8-17(7-6-13)9-12(14,15)16/h2-5H,6-9H2,1H3. The van der Waals surface area contributed by atoms with Crippen LogP contribution in [0.5, 0.6) is 0 Å². The Morgan fingerprint density at radius 1 is 1.18 bits per heavy atom. The van der Waals surface area contributed by atoms with Crippen LogP contribution < -0.4 is 0 Å². The van der Waals surface area contributed by atoms with Crippen molar-refractivity contribution in [2.45, 2.75) is 19.6 Å². The summed E-state index contributed by atoms with van der Waals surface area (Å²) < 4.78 is 37.0. The van der Waals surface area contributed by atoms with Crippen LogP contribution in [0, 0.1) is 6.92 Å². The van der Waals surface area contributed by atoms with Crippen LogP contribution in [0.3, 0.4) is 0 Å². The second-order valence-electron chi connectivity index (χ2n) is 4.00. The van der Waals surface area contributed by atoms with Gasteiger partial charge in [0, 0.05) is 18.4 Å². The normalized spacial score (nSPS) is 12.1. The maximum absolute atomic E-state index is 12.3. The summed E-state index contributed by atoms with van der Waals surface area (Å²) >= 11 is 3.17. The van der Waals surface area contributed by atoms with Crippen LogP contribution in [-0.4, -0.2) is 29.5 Å². The van der Waals surface area contributed by atoms with Crippen LogP contribution in [0.1, 0.15) is 11.1 Å². The van der Waals surface area contributed by atoms with Gasteiger partial charge in [0.15, 0.2) is 0 Å². The lowest BCUT2D eigenvalue weighted by Crippen LogP contribution is -2.35. The van der Waals surface area contributed by atoms with Gasteiger partial charge in [-0.2, -0.15) is 13.2 Å². The molecule has 96 valence electrons. The average Bonchev–Trinajstić information content (AvgIpc) is 2.19. The van der Waals surface area contributed by atoms with Crippen LogP contribution in [0.25, 0.3) is 0 Å². The summed E-state index contributed by atoms with van der Waals surface area (Å²) in [5.41, 5.74) is 2.01. The highest BCUT2D eigenvalue weighted by atomic mass is 79.9. The molecule has 0 bridgehead atoms. The molecule has 0 saturated heterocycles. The van der Waals surface area contributed by atoms with E-state index in [4.69, 9.17) is 0 Å². The average molecular weight is 310 g/mol. The summed E-state index contributed by atoms with van der Waals surface area (Å²) in [4.78, 5) is 1.39. The number of nitrogens with zero attached hydrogens (tertiary/aromatic N) is 1. The molecular formula is C12H15BrF3N. The summed E-state index contributed by atoms with van der Waals surface area (Å²) in [7, 11) is 0. The Hall–Kier alpha value is -0.550. The Labute approximate surface area is 108 Å². The quantitative estimate of drug-likeness (QED) is 0.749. The molecule has 1 aromatic rings. The van der Waals surface area contributed by atoms with Crippen LogP contribution in [-0.2, 0) is 6.54 Å². The van der Waals surface area contributed by atoms with E-state index in [1.807, 2.05) is 31.2 Å². The predicted molar refractivity (Wildman–Crippen MR) is 66.3 cm³/mol. The minimum atomic E-state index is -4.15. The smallest absolute Gasteiger partial charge is 0.290 e. The fraction of sp³-hybridized carbons (Fsp3) is 0.500. The molecule has 0 N–H and O–H groups in total. The van der Waals surface area contributed by atoms with Crippen molar-refractivity contribution < 1.29 is 13.2 Å². The highest BCUT2D eigenvalue weighted by molar-refractivity contribution is 9.09. The lowest BCUT2D eigenvalue weighted by molar-refractivity contribution is -0.146. The van der Waals surface area contributed by atoms with Crippen molar-refractivity contribution in [3.05, 3.63) is 35.4 Å². The second-order valence-corrected chi connectivity index (χ2v) is 4.79. The van der Waals surface area contributed by atoms with Crippen molar-refractivity contribution in [3.8, 4) is 0 Å². The Morgan fingerprint density at radius 3 is 2.24 bits per heavy atom. The molecule has 17 heavy (non-hydrogen) atoms. The largest absolute Gasteiger partial charge is 0.401 e. The second kappa shape index (κ2) is 6.40. The SMILES string of the molecule is Cc1ccc(CN(CCBr)CC(F)(F)F)cc1. The molecular weight excluding hydrogens is 295 g/mol. The number of aryl methyl sites for hydroxylation is 1. The third kappa shape index (κ3) is 6.07. The van der Waals surface area contributed by atoms with Crippen molar-refractivity contribution in [3.63, 3.8) is 0 Å². The summed E-state index contributed by atoms with van der Waals surface area (Å²) in [6, 6.07) is 7.56. The van der Waals surface area contributed by atoms with E-state index in [9.17, 15) is 13.2 Å². The van der Waals surface area contributed by atoms with Gasteiger partial charge in [0.1, 0.15) is 0 Å². The van der Waals surface area contributed by atoms with E-state index in [0.717, 1.165) is 11.1 Å². The van der Waals surface area contributed by atoms with E-state index in [2.05, 4.69) is 15.9 Å². The molecule has 0 amide bonds. The van der Waals surface area contributed by atoms with Crippen molar-refractivity contribution in [1.29, 1.82) is 0 Å². The third-order valence-electron chi connectivity index (χ3n) is 2.33. The molecule has 0 aromatic heterocycles. The van der Waals surface area contributed by atoms with Gasteiger partial charge in [-0.05, 0) is 12.5 Å². The molecule has 0 heterocycles. The first-order valence-corrected chi connectivity index (χ1v) is 6.43. The molecule has 0 unspecified atom stereocenters. The van der Waals surface area contributed by atoms with E-state index in [1.54, 1.807) is 0 Å². The summed E-state index contributed by atoms with van der Waals surface area (Å²) in [5.74, 6) is 0. The first-order valence-electron chi connectivity index (χ1n) is 5.31. The maximum Gasteiger partial charge on any atom is 0.401 e. The van der Waals surface area contributed by atoms with Gasteiger partial charge in [0.2, 0.25) is 0 Å². The number of rotatable bonds is 5. The predicted octanol–water partition coefficient (Wildman–Crippen LogP) is 3.75. The molecule has 0 aliphatic rings. The van der Waals surface area contributed by atoms with Crippen molar-refractivity contribution in [2.24, 2.45) is 0 Å². The molecule has 0 atom stereocenters. The van der Waals surface area contributed by atoms with Crippen molar-refractivity contribution in [1.82, 2.24) is 4.90 Å².